The quantitative estimate of drug-likeness (QED) is 0.796. The Kier molecular flexibility index (Phi) is 4.76. The van der Waals surface area contributed by atoms with Crippen molar-refractivity contribution in [1.29, 1.82) is 0 Å². The SMILES string of the molecule is CCNCc1c(C)nn(C)c1N(C)C(C)(C)CO. The maximum atomic E-state index is 9.50. The van der Waals surface area contributed by atoms with Crippen molar-refractivity contribution in [2.75, 3.05) is 25.1 Å². The molecular weight excluding hydrogens is 228 g/mol. The third kappa shape index (κ3) is 2.84. The maximum absolute atomic E-state index is 9.50. The number of likely N-dealkylation sites (N-methyl/N-ethyl adjacent to an activating group) is 1. The largest absolute Gasteiger partial charge is 0.394 e. The first-order valence-corrected chi connectivity index (χ1v) is 6.43. The lowest BCUT2D eigenvalue weighted by atomic mass is 10.0. The first kappa shape index (κ1) is 15.0. The van der Waals surface area contributed by atoms with Crippen LogP contribution in [0, 0.1) is 6.92 Å². The lowest BCUT2D eigenvalue weighted by molar-refractivity contribution is 0.215. The van der Waals surface area contributed by atoms with Crippen LogP contribution >= 0.6 is 0 Å². The van der Waals surface area contributed by atoms with Gasteiger partial charge in [0.15, 0.2) is 0 Å². The molecule has 1 aromatic heterocycles. The van der Waals surface area contributed by atoms with E-state index in [-0.39, 0.29) is 12.1 Å². The van der Waals surface area contributed by atoms with Gasteiger partial charge in [-0.1, -0.05) is 6.92 Å². The van der Waals surface area contributed by atoms with Crippen LogP contribution < -0.4 is 10.2 Å². The fourth-order valence-electron chi connectivity index (χ4n) is 1.96. The summed E-state index contributed by atoms with van der Waals surface area (Å²) < 4.78 is 1.89. The summed E-state index contributed by atoms with van der Waals surface area (Å²) >= 11 is 0. The normalized spacial score (nSPS) is 11.9. The molecule has 5 heteroatoms. The van der Waals surface area contributed by atoms with Crippen molar-refractivity contribution in [1.82, 2.24) is 15.1 Å². The van der Waals surface area contributed by atoms with E-state index in [1.54, 1.807) is 0 Å². The van der Waals surface area contributed by atoms with Gasteiger partial charge in [0.05, 0.1) is 17.8 Å². The highest BCUT2D eigenvalue weighted by atomic mass is 16.3. The molecule has 0 aliphatic carbocycles. The second-order valence-electron chi connectivity index (χ2n) is 5.32. The lowest BCUT2D eigenvalue weighted by Crippen LogP contribution is -2.45. The minimum Gasteiger partial charge on any atom is -0.394 e. The van der Waals surface area contributed by atoms with Crippen LogP contribution in [-0.2, 0) is 13.6 Å². The number of aromatic nitrogens is 2. The summed E-state index contributed by atoms with van der Waals surface area (Å²) in [6.07, 6.45) is 0. The number of nitrogens with one attached hydrogen (secondary N) is 1. The van der Waals surface area contributed by atoms with E-state index in [0.717, 1.165) is 24.6 Å². The molecule has 0 bridgehead atoms. The summed E-state index contributed by atoms with van der Waals surface area (Å²) in [6, 6.07) is 0. The Bertz CT molecular complexity index is 398. The monoisotopic (exact) mass is 254 g/mol. The van der Waals surface area contributed by atoms with Gasteiger partial charge in [0.25, 0.3) is 0 Å². The molecule has 0 atom stereocenters. The van der Waals surface area contributed by atoms with Gasteiger partial charge < -0.3 is 15.3 Å². The van der Waals surface area contributed by atoms with Gasteiger partial charge in [0.2, 0.25) is 0 Å². The van der Waals surface area contributed by atoms with Crippen molar-refractivity contribution < 1.29 is 5.11 Å². The van der Waals surface area contributed by atoms with Gasteiger partial charge in [-0.15, -0.1) is 0 Å². The number of aliphatic hydroxyl groups excluding tert-OH is 1. The molecule has 0 saturated heterocycles. The summed E-state index contributed by atoms with van der Waals surface area (Å²) in [5.74, 6) is 1.06. The van der Waals surface area contributed by atoms with Crippen molar-refractivity contribution in [3.8, 4) is 0 Å². The molecule has 18 heavy (non-hydrogen) atoms. The van der Waals surface area contributed by atoms with Crippen molar-refractivity contribution in [3.05, 3.63) is 11.3 Å². The molecule has 1 rings (SSSR count). The second-order valence-corrected chi connectivity index (χ2v) is 5.32. The Morgan fingerprint density at radius 1 is 1.44 bits per heavy atom. The summed E-state index contributed by atoms with van der Waals surface area (Å²) in [5, 5.41) is 17.3. The summed E-state index contributed by atoms with van der Waals surface area (Å²) in [4.78, 5) is 2.10. The van der Waals surface area contributed by atoms with Crippen LogP contribution in [0.4, 0.5) is 5.82 Å². The fourth-order valence-corrected chi connectivity index (χ4v) is 1.96. The maximum Gasteiger partial charge on any atom is 0.131 e. The zero-order valence-corrected chi connectivity index (χ0v) is 12.4. The molecule has 104 valence electrons. The highest BCUT2D eigenvalue weighted by molar-refractivity contribution is 5.51. The molecule has 0 saturated carbocycles. The van der Waals surface area contributed by atoms with Crippen LogP contribution in [0.2, 0.25) is 0 Å². The molecule has 1 aromatic rings. The molecule has 0 unspecified atom stereocenters. The van der Waals surface area contributed by atoms with Crippen LogP contribution in [-0.4, -0.2) is 40.6 Å². The smallest absolute Gasteiger partial charge is 0.131 e. The van der Waals surface area contributed by atoms with Crippen LogP contribution in [0.5, 0.6) is 0 Å². The number of nitrogens with zero attached hydrogens (tertiary/aromatic N) is 3. The van der Waals surface area contributed by atoms with Crippen molar-refractivity contribution >= 4 is 5.82 Å². The first-order valence-electron chi connectivity index (χ1n) is 6.43. The Morgan fingerprint density at radius 3 is 2.56 bits per heavy atom. The Hall–Kier alpha value is -1.07. The van der Waals surface area contributed by atoms with Crippen LogP contribution in [0.1, 0.15) is 32.0 Å². The highest BCUT2D eigenvalue weighted by Gasteiger charge is 2.27. The molecule has 0 radical (unpaired) electrons. The molecule has 0 amide bonds. The minimum atomic E-state index is -0.304. The molecule has 5 nitrogen and oxygen atoms in total. The van der Waals surface area contributed by atoms with E-state index in [0.29, 0.717) is 0 Å². The molecule has 2 N–H and O–H groups in total. The van der Waals surface area contributed by atoms with E-state index in [4.69, 9.17) is 0 Å². The molecule has 0 aromatic carbocycles. The minimum absolute atomic E-state index is 0.106. The number of aryl methyl sites for hydroxylation is 2. The number of aliphatic hydroxyl groups is 1. The Labute approximate surface area is 110 Å². The summed E-state index contributed by atoms with van der Waals surface area (Å²) in [7, 11) is 3.95. The van der Waals surface area contributed by atoms with Gasteiger partial charge in [-0.25, -0.2) is 0 Å². The van der Waals surface area contributed by atoms with Crippen LogP contribution in [0.3, 0.4) is 0 Å². The predicted octanol–water partition coefficient (Wildman–Crippen LogP) is 1.05. The molecule has 1 heterocycles. The van der Waals surface area contributed by atoms with Gasteiger partial charge in [-0.2, -0.15) is 5.10 Å². The van der Waals surface area contributed by atoms with Crippen LogP contribution in [0.15, 0.2) is 0 Å². The van der Waals surface area contributed by atoms with Gasteiger partial charge in [0, 0.05) is 26.2 Å². The summed E-state index contributed by atoms with van der Waals surface area (Å²) in [5.41, 5.74) is 1.93. The van der Waals surface area contributed by atoms with Crippen molar-refractivity contribution in [2.45, 2.75) is 39.8 Å². The van der Waals surface area contributed by atoms with E-state index >= 15 is 0 Å². The predicted molar refractivity (Wildman–Crippen MR) is 74.9 cm³/mol. The molecule has 0 aliphatic heterocycles. The van der Waals surface area contributed by atoms with Gasteiger partial charge in [0.1, 0.15) is 5.82 Å². The van der Waals surface area contributed by atoms with E-state index in [2.05, 4.69) is 22.2 Å². The standard InChI is InChI=1S/C13H26N4O/c1-7-14-8-11-10(2)15-17(6)12(11)16(5)13(3,4)9-18/h14,18H,7-9H2,1-6H3. The number of hydrogen-bond donors (Lipinski definition) is 2. The zero-order chi connectivity index (χ0) is 13.9. The average Bonchev–Trinajstić information content (AvgIpc) is 2.60. The van der Waals surface area contributed by atoms with E-state index < -0.39 is 0 Å². The molecular formula is C13H26N4O. The van der Waals surface area contributed by atoms with Gasteiger partial charge >= 0.3 is 0 Å². The van der Waals surface area contributed by atoms with Gasteiger partial charge in [-0.3, -0.25) is 4.68 Å². The number of hydrogen-bond acceptors (Lipinski definition) is 4. The Morgan fingerprint density at radius 2 is 2.06 bits per heavy atom. The van der Waals surface area contributed by atoms with E-state index in [1.165, 1.54) is 5.56 Å². The van der Waals surface area contributed by atoms with Gasteiger partial charge in [-0.05, 0) is 27.3 Å². The lowest BCUT2D eigenvalue weighted by Gasteiger charge is -2.36. The second kappa shape index (κ2) is 5.71. The number of anilines is 1. The zero-order valence-electron chi connectivity index (χ0n) is 12.4. The van der Waals surface area contributed by atoms with Crippen molar-refractivity contribution in [3.63, 3.8) is 0 Å². The molecule has 0 fully saturated rings. The average molecular weight is 254 g/mol. The first-order chi connectivity index (χ1) is 8.35. The molecule has 0 aliphatic rings. The number of rotatable bonds is 6. The van der Waals surface area contributed by atoms with E-state index in [1.807, 2.05) is 39.5 Å². The third-order valence-corrected chi connectivity index (χ3v) is 3.48. The summed E-state index contributed by atoms with van der Waals surface area (Å²) in [6.45, 7) is 9.99. The van der Waals surface area contributed by atoms with E-state index in [9.17, 15) is 5.11 Å². The highest BCUT2D eigenvalue weighted by Crippen LogP contribution is 2.27. The fraction of sp³-hybridized carbons (Fsp3) is 0.769. The third-order valence-electron chi connectivity index (χ3n) is 3.48. The van der Waals surface area contributed by atoms with Crippen LogP contribution in [0.25, 0.3) is 0 Å². The van der Waals surface area contributed by atoms with Crippen molar-refractivity contribution in [2.24, 2.45) is 7.05 Å². The topological polar surface area (TPSA) is 53.3 Å². The molecule has 0 spiro atoms. The Balaban J connectivity index is 3.14.